The molecule has 0 fully saturated rings. The van der Waals surface area contributed by atoms with Crippen LogP contribution < -0.4 is 19.5 Å². The van der Waals surface area contributed by atoms with Crippen molar-refractivity contribution in [1.82, 2.24) is 10.0 Å². The molecule has 34 heavy (non-hydrogen) atoms. The van der Waals surface area contributed by atoms with Gasteiger partial charge in [0.15, 0.2) is 11.5 Å². The summed E-state index contributed by atoms with van der Waals surface area (Å²) in [5.41, 5.74) is 2.76. The maximum Gasteiger partial charge on any atom is 0.241 e. The van der Waals surface area contributed by atoms with Crippen LogP contribution in [0, 0.1) is 6.92 Å². The summed E-state index contributed by atoms with van der Waals surface area (Å²) >= 11 is 0. The van der Waals surface area contributed by atoms with Gasteiger partial charge in [-0.2, -0.15) is 4.72 Å². The second-order valence-corrected chi connectivity index (χ2v) is 9.62. The van der Waals surface area contributed by atoms with Crippen molar-refractivity contribution >= 4 is 15.9 Å². The van der Waals surface area contributed by atoms with Gasteiger partial charge in [-0.3, -0.25) is 4.79 Å². The maximum atomic E-state index is 13.0. The van der Waals surface area contributed by atoms with Gasteiger partial charge in [0, 0.05) is 6.54 Å². The Hall–Kier alpha value is -3.36. The smallest absolute Gasteiger partial charge is 0.241 e. The molecular formula is C26H30N2O5S. The number of carbonyl (C=O) groups excluding carboxylic acids is 1. The fourth-order valence-corrected chi connectivity index (χ4v) is 4.70. The fourth-order valence-electron chi connectivity index (χ4n) is 3.50. The number of ether oxygens (including phenoxy) is 2. The summed E-state index contributed by atoms with van der Waals surface area (Å²) in [6.45, 7) is 2.22. The van der Waals surface area contributed by atoms with Crippen LogP contribution in [0.5, 0.6) is 11.5 Å². The quantitative estimate of drug-likeness (QED) is 0.438. The normalized spacial score (nSPS) is 12.1. The van der Waals surface area contributed by atoms with E-state index in [9.17, 15) is 13.2 Å². The molecule has 0 aromatic heterocycles. The molecule has 8 heteroatoms. The number of sulfonamides is 1. The molecule has 3 aromatic carbocycles. The van der Waals surface area contributed by atoms with E-state index >= 15 is 0 Å². The topological polar surface area (TPSA) is 93.7 Å². The Bertz CT molecular complexity index is 1200. The van der Waals surface area contributed by atoms with Crippen molar-refractivity contribution in [3.05, 3.63) is 89.5 Å². The molecule has 7 nitrogen and oxygen atoms in total. The lowest BCUT2D eigenvalue weighted by Gasteiger charge is -2.19. The molecule has 0 heterocycles. The van der Waals surface area contributed by atoms with Crippen LogP contribution in [0.15, 0.2) is 77.7 Å². The SMILES string of the molecule is COc1ccc(CCNC(=O)C(Cc2ccccc2)NS(=O)(=O)c2ccc(C)cc2)cc1OC. The van der Waals surface area contributed by atoms with Crippen LogP contribution >= 0.6 is 0 Å². The van der Waals surface area contributed by atoms with Crippen molar-refractivity contribution < 1.29 is 22.7 Å². The summed E-state index contributed by atoms with van der Waals surface area (Å²) in [4.78, 5) is 13.2. The van der Waals surface area contributed by atoms with E-state index in [0.29, 0.717) is 24.5 Å². The van der Waals surface area contributed by atoms with Gasteiger partial charge in [-0.25, -0.2) is 8.42 Å². The molecule has 0 saturated carbocycles. The largest absolute Gasteiger partial charge is 0.493 e. The van der Waals surface area contributed by atoms with E-state index in [0.717, 1.165) is 16.7 Å². The summed E-state index contributed by atoms with van der Waals surface area (Å²) < 4.78 is 39.1. The lowest BCUT2D eigenvalue weighted by Crippen LogP contribution is -2.48. The number of hydrogen-bond acceptors (Lipinski definition) is 5. The molecule has 1 unspecified atom stereocenters. The van der Waals surface area contributed by atoms with Crippen LogP contribution in [0.25, 0.3) is 0 Å². The molecular weight excluding hydrogens is 452 g/mol. The predicted molar refractivity (Wildman–Crippen MR) is 132 cm³/mol. The van der Waals surface area contributed by atoms with Crippen LogP contribution in [0.4, 0.5) is 0 Å². The molecule has 0 aliphatic carbocycles. The van der Waals surface area contributed by atoms with Gasteiger partial charge < -0.3 is 14.8 Å². The minimum absolute atomic E-state index is 0.120. The first-order chi connectivity index (χ1) is 16.3. The highest BCUT2D eigenvalue weighted by molar-refractivity contribution is 7.89. The number of hydrogen-bond donors (Lipinski definition) is 2. The number of aryl methyl sites for hydroxylation is 1. The lowest BCUT2D eigenvalue weighted by molar-refractivity contribution is -0.122. The third kappa shape index (κ3) is 6.82. The first-order valence-corrected chi connectivity index (χ1v) is 12.4. The zero-order valence-electron chi connectivity index (χ0n) is 19.6. The molecule has 0 radical (unpaired) electrons. The van der Waals surface area contributed by atoms with E-state index in [4.69, 9.17) is 9.47 Å². The van der Waals surface area contributed by atoms with Gasteiger partial charge in [0.05, 0.1) is 19.1 Å². The van der Waals surface area contributed by atoms with Crippen molar-refractivity contribution in [3.8, 4) is 11.5 Å². The average molecular weight is 483 g/mol. The molecule has 2 N–H and O–H groups in total. The zero-order valence-corrected chi connectivity index (χ0v) is 20.4. The minimum Gasteiger partial charge on any atom is -0.493 e. The highest BCUT2D eigenvalue weighted by Crippen LogP contribution is 2.27. The van der Waals surface area contributed by atoms with Gasteiger partial charge in [0.1, 0.15) is 6.04 Å². The fraction of sp³-hybridized carbons (Fsp3) is 0.269. The monoisotopic (exact) mass is 482 g/mol. The van der Waals surface area contributed by atoms with Crippen LogP contribution in [0.2, 0.25) is 0 Å². The summed E-state index contributed by atoms with van der Waals surface area (Å²) in [5.74, 6) is 0.850. The number of rotatable bonds is 11. The highest BCUT2D eigenvalue weighted by Gasteiger charge is 2.26. The molecule has 3 aromatic rings. The Balaban J connectivity index is 1.71. The predicted octanol–water partition coefficient (Wildman–Crippen LogP) is 3.26. The van der Waals surface area contributed by atoms with Gasteiger partial charge in [-0.05, 0) is 55.2 Å². The molecule has 0 aliphatic heterocycles. The highest BCUT2D eigenvalue weighted by atomic mass is 32.2. The molecule has 3 rings (SSSR count). The van der Waals surface area contributed by atoms with Gasteiger partial charge in [0.2, 0.25) is 15.9 Å². The summed E-state index contributed by atoms with van der Waals surface area (Å²) in [6.07, 6.45) is 0.781. The molecule has 1 amide bonds. The minimum atomic E-state index is -3.88. The molecule has 0 bridgehead atoms. The van der Waals surface area contributed by atoms with Crippen LogP contribution in [0.3, 0.4) is 0 Å². The van der Waals surface area contributed by atoms with E-state index in [1.807, 2.05) is 55.5 Å². The first-order valence-electron chi connectivity index (χ1n) is 10.9. The molecule has 180 valence electrons. The number of carbonyl (C=O) groups is 1. The van der Waals surface area contributed by atoms with E-state index in [1.165, 1.54) is 12.1 Å². The second kappa shape index (κ2) is 11.7. The number of nitrogens with one attached hydrogen (secondary N) is 2. The van der Waals surface area contributed by atoms with E-state index in [1.54, 1.807) is 26.4 Å². The Morgan fingerprint density at radius 1 is 0.882 bits per heavy atom. The molecule has 0 aliphatic rings. The Morgan fingerprint density at radius 3 is 2.21 bits per heavy atom. The van der Waals surface area contributed by atoms with Crippen molar-refractivity contribution in [2.45, 2.75) is 30.7 Å². The summed E-state index contributed by atoms with van der Waals surface area (Å²) in [6, 6.07) is 20.4. The zero-order chi connectivity index (χ0) is 24.6. The van der Waals surface area contributed by atoms with Crippen LogP contribution in [0.1, 0.15) is 16.7 Å². The molecule has 0 saturated heterocycles. The average Bonchev–Trinajstić information content (AvgIpc) is 2.84. The van der Waals surface area contributed by atoms with Gasteiger partial charge >= 0.3 is 0 Å². The lowest BCUT2D eigenvalue weighted by atomic mass is 10.1. The third-order valence-electron chi connectivity index (χ3n) is 5.39. The van der Waals surface area contributed by atoms with E-state index < -0.39 is 16.1 Å². The first kappa shape index (κ1) is 25.3. The maximum absolute atomic E-state index is 13.0. The summed E-state index contributed by atoms with van der Waals surface area (Å²) in [7, 11) is -0.738. The number of methoxy groups -OCH3 is 2. The second-order valence-electron chi connectivity index (χ2n) is 7.91. The van der Waals surface area contributed by atoms with E-state index in [-0.39, 0.29) is 17.2 Å². The van der Waals surface area contributed by atoms with Crippen LogP contribution in [-0.4, -0.2) is 41.1 Å². The summed E-state index contributed by atoms with van der Waals surface area (Å²) in [5, 5.41) is 2.86. The van der Waals surface area contributed by atoms with Gasteiger partial charge in [0.25, 0.3) is 0 Å². The Labute approximate surface area is 201 Å². The standard InChI is InChI=1S/C26H30N2O5S/c1-19-9-12-22(13-10-19)34(30,31)28-23(17-20-7-5-4-6-8-20)26(29)27-16-15-21-11-14-24(32-2)25(18-21)33-3/h4-14,18,23,28H,15-17H2,1-3H3,(H,27,29). The Kier molecular flexibility index (Phi) is 8.67. The van der Waals surface area contributed by atoms with Crippen LogP contribution in [-0.2, 0) is 27.7 Å². The number of benzene rings is 3. The van der Waals surface area contributed by atoms with Crippen molar-refractivity contribution in [2.75, 3.05) is 20.8 Å². The molecule has 0 spiro atoms. The molecule has 1 atom stereocenters. The number of amides is 1. The van der Waals surface area contributed by atoms with Gasteiger partial charge in [-0.1, -0.05) is 54.1 Å². The third-order valence-corrected chi connectivity index (χ3v) is 6.88. The van der Waals surface area contributed by atoms with Gasteiger partial charge in [-0.15, -0.1) is 0 Å². The Morgan fingerprint density at radius 2 is 1.56 bits per heavy atom. The van der Waals surface area contributed by atoms with Crippen molar-refractivity contribution in [2.24, 2.45) is 0 Å². The van der Waals surface area contributed by atoms with Crippen molar-refractivity contribution in [3.63, 3.8) is 0 Å². The van der Waals surface area contributed by atoms with E-state index in [2.05, 4.69) is 10.0 Å². The van der Waals surface area contributed by atoms with Crippen molar-refractivity contribution in [1.29, 1.82) is 0 Å².